The number of rotatable bonds is 25. The first-order chi connectivity index (χ1) is 63.5. The normalized spacial score (nSPS) is 9.73. The second kappa shape index (κ2) is 61.2. The number of aromatic carboxylic acids is 1. The van der Waals surface area contributed by atoms with Gasteiger partial charge in [0.25, 0.3) is 0 Å². The molecule has 0 aliphatic rings. The van der Waals surface area contributed by atoms with E-state index in [-0.39, 0.29) is 61.6 Å². The van der Waals surface area contributed by atoms with Gasteiger partial charge in [-0.3, -0.25) is 79.4 Å². The molecule has 0 aliphatic carbocycles. The Labute approximate surface area is 822 Å². The predicted molar refractivity (Wildman–Crippen MR) is 519 cm³/mol. The molecule has 15 rings (SSSR count). The summed E-state index contributed by atoms with van der Waals surface area (Å²) in [7, 11) is 3.72. The number of carboxylic acids is 1. The average molecular weight is 2060 g/mol. The number of esters is 3. The molecule has 0 fully saturated rings. The summed E-state index contributed by atoms with van der Waals surface area (Å²) in [6.45, 7) is 5.39. The standard InChI is InChI=1S/C25H25N3O2.C17H13N3O2.C16H11N3O2.C12H9BrN2O2.C7H8BBrO2.C7H7BNO4.C5H5BNO2.C5H3Br2N.CH4.Li.H2O.H/c1-18(2)24(29)8-4-3-5-9-25(30)23-12-22(16-28-17-23)21-11-20(14-27-15-21)19-7-6-10-26-13-19;1-22-17(21)16-6-15(10-20-11-16)14-5-13(8-19-9-14)12-3-2-4-18-7-12;20-16(21)15-5-14(9-19-10-15)13-4-12(7-18-8-13)11-2-1-3-17-6-11;1-17-12(16)10-2-8(4-14-6-10)9-3-11(13)7-15-5-9;9-5-6-3-1-2-4-7(6)8(10)11;1-12-7(10)5-2-6(13-8-11)4-9-3-5;8-6-9-5-2-1-3-7-4-5;6-4-1-5(7)3-8-2-4;;;;/h6-7,10-17H,1,3-5,8-9H2,2H3;2-11H,1H3;1-10H,(H,20,21);2-7H,1H3;1-4,10-11H,5H2;2-4,11H,1H3;1-4,8H;1-3H;1H4;;1H2;/q;;;;;;;;;+1;;-1/p-1/i;;;;;;;;;;;1+2. The minimum absolute atomic E-state index is 0. The fraction of sp³-hybridized carbons (Fsp3) is 0.116. The Kier molecular flexibility index (Phi) is 50.6. The molecular weight excluding hydrogens is 1970 g/mol. The number of hydrogen-bond acceptors (Lipinski definition) is 30. The van der Waals surface area contributed by atoms with E-state index in [2.05, 4.69) is 159 Å². The number of carbonyl (C=O) groups is 6. The van der Waals surface area contributed by atoms with E-state index < -0.39 is 31.0 Å². The Morgan fingerprint density at radius 3 is 1.04 bits per heavy atom. The molecule has 134 heavy (non-hydrogen) atoms. The maximum atomic E-state index is 12.6. The van der Waals surface area contributed by atoms with Gasteiger partial charge in [0.1, 0.15) is 11.5 Å². The molecule has 0 atom stereocenters. The smallest absolute Gasteiger partial charge is 1.00 e. The fourth-order valence-corrected chi connectivity index (χ4v) is 13.1. The van der Waals surface area contributed by atoms with Crippen LogP contribution in [0.25, 0.3) is 77.9 Å². The Bertz CT molecular complexity index is 6210. The van der Waals surface area contributed by atoms with E-state index in [0.29, 0.717) is 72.6 Å². The molecule has 31 nitrogen and oxygen atoms in total. The van der Waals surface area contributed by atoms with Crippen molar-refractivity contribution >= 4 is 127 Å². The summed E-state index contributed by atoms with van der Waals surface area (Å²) < 4.78 is 25.9. The number of hydrogen-bond donors (Lipinski definition) is 5. The van der Waals surface area contributed by atoms with Gasteiger partial charge < -0.3 is 55.6 Å². The fourth-order valence-electron chi connectivity index (χ4n) is 11.2. The number of ether oxygens (including phenoxy) is 3. The second-order valence-electron chi connectivity index (χ2n) is 26.9. The molecule has 14 aromatic heterocycles. The quantitative estimate of drug-likeness (QED) is 0.00675. The summed E-state index contributed by atoms with van der Waals surface area (Å²) in [5, 5.41) is 43.9. The number of ketones is 2. The van der Waals surface area contributed by atoms with Crippen molar-refractivity contribution in [1.82, 2.24) is 69.8 Å². The number of carbonyl (C=O) groups excluding carboxylic acids is 5. The first kappa shape index (κ1) is 111. The first-order valence-electron chi connectivity index (χ1n) is 39.1. The molecule has 0 unspecified atom stereocenters. The molecule has 0 spiro atoms. The van der Waals surface area contributed by atoms with Crippen LogP contribution in [0.1, 0.15) is 105 Å². The van der Waals surface area contributed by atoms with Crippen LogP contribution in [-0.4, -0.2) is 180 Å². The van der Waals surface area contributed by atoms with E-state index in [4.69, 9.17) is 29.9 Å². The van der Waals surface area contributed by atoms with E-state index in [1.165, 1.54) is 64.6 Å². The molecule has 1 aromatic carbocycles. The third-order valence-corrected chi connectivity index (χ3v) is 19.6. The van der Waals surface area contributed by atoms with E-state index in [9.17, 15) is 28.8 Å². The van der Waals surface area contributed by atoms with Gasteiger partial charge in [-0.25, -0.2) is 19.2 Å². The van der Waals surface area contributed by atoms with Gasteiger partial charge in [0.2, 0.25) is 0 Å². The van der Waals surface area contributed by atoms with E-state index in [0.717, 1.165) is 111 Å². The van der Waals surface area contributed by atoms with Crippen LogP contribution in [0.2, 0.25) is 0 Å². The predicted octanol–water partition coefficient (Wildman–Crippen LogP) is 14.3. The zero-order valence-electron chi connectivity index (χ0n) is 73.0. The van der Waals surface area contributed by atoms with Crippen LogP contribution in [0.15, 0.2) is 333 Å². The summed E-state index contributed by atoms with van der Waals surface area (Å²) >= 11 is 13.1. The molecule has 0 amide bonds. The van der Waals surface area contributed by atoms with Crippen LogP contribution in [0.4, 0.5) is 0 Å². The zero-order valence-corrected chi connectivity index (χ0v) is 78.3. The Morgan fingerprint density at radius 2 is 0.687 bits per heavy atom. The van der Waals surface area contributed by atoms with E-state index >= 15 is 0 Å². The topological polar surface area (TPSA) is 460 Å². The van der Waals surface area contributed by atoms with Crippen LogP contribution < -0.4 is 33.6 Å². The molecule has 678 valence electrons. The van der Waals surface area contributed by atoms with E-state index in [1.54, 1.807) is 186 Å². The van der Waals surface area contributed by atoms with E-state index in [1.807, 2.05) is 84.9 Å². The number of halogens is 4. The number of methoxy groups -OCH3 is 3. The summed E-state index contributed by atoms with van der Waals surface area (Å²) in [6, 6.07) is 40.2. The van der Waals surface area contributed by atoms with Crippen molar-refractivity contribution in [2.45, 2.75) is 51.8 Å². The van der Waals surface area contributed by atoms with Gasteiger partial charge in [0.05, 0.1) is 56.0 Å². The van der Waals surface area contributed by atoms with Crippen molar-refractivity contribution in [3.8, 4) is 89.4 Å². The molecule has 0 saturated carbocycles. The number of Topliss-reactive ketones (excluding diaryl/α,β-unsaturated/α-hetero) is 2. The van der Waals surface area contributed by atoms with Crippen molar-refractivity contribution in [2.24, 2.45) is 0 Å². The summed E-state index contributed by atoms with van der Waals surface area (Å²) in [5.41, 5.74) is 16.3. The molecular formula is C95H87B3Br4LiN14O17-. The number of pyridine rings is 14. The molecule has 0 bridgehead atoms. The zero-order chi connectivity index (χ0) is 94.1. The second-order valence-corrected chi connectivity index (χ2v) is 30.2. The average Bonchev–Trinajstić information content (AvgIpc) is 0.831. The largest absolute Gasteiger partial charge is 1.00 e. The van der Waals surface area contributed by atoms with Gasteiger partial charge in [0.15, 0.2) is 11.6 Å². The van der Waals surface area contributed by atoms with Crippen LogP contribution >= 0.6 is 63.7 Å². The van der Waals surface area contributed by atoms with Crippen LogP contribution in [0.5, 0.6) is 11.5 Å². The van der Waals surface area contributed by atoms with Gasteiger partial charge in [-0.05, 0) is 175 Å². The van der Waals surface area contributed by atoms with Gasteiger partial charge in [-0.15, -0.1) is 0 Å². The van der Waals surface area contributed by atoms with Gasteiger partial charge in [0, 0.05) is 276 Å². The third-order valence-electron chi connectivity index (χ3n) is 17.7. The van der Waals surface area contributed by atoms with Crippen molar-refractivity contribution in [1.29, 1.82) is 0 Å². The summed E-state index contributed by atoms with van der Waals surface area (Å²) in [5.74, 6) is -1.36. The summed E-state index contributed by atoms with van der Waals surface area (Å²) in [4.78, 5) is 126. The van der Waals surface area contributed by atoms with Crippen molar-refractivity contribution in [2.75, 3.05) is 21.3 Å². The number of aromatic nitrogens is 14. The SMILES string of the molecule is Brc1cncc(Br)c1.C.C=C(C)C(=O)CCCCCC(=O)c1cncc(-c2cncc(-c3cccnc3)c2)c1.COC(=O)c1cncc(-c2cncc(-c3cccnc3)c2)c1.COC(=O)c1cncc(-c2cncc(Br)c2)c1.COC(=O)c1cncc(O[B]O)c1.O=C(O)c1cncc(-c2cncc(-c3cccnc3)c2)c1.OB(O)c1ccccc1CBr.O[B]Oc1cccnc1.[3H-].[Li+].[OH-]. The van der Waals surface area contributed by atoms with Crippen molar-refractivity contribution in [3.05, 3.63) is 366 Å². The molecule has 14 heterocycles. The number of allylic oxidation sites excluding steroid dienone is 1. The molecule has 6 N–H and O–H groups in total. The maximum absolute atomic E-state index is 12.6. The number of nitrogens with zero attached hydrogens (tertiary/aromatic N) is 14. The number of unbranched alkanes of at least 4 members (excludes halogenated alkanes) is 2. The minimum atomic E-state index is -1.37. The third kappa shape index (κ3) is 37.9. The maximum Gasteiger partial charge on any atom is 1.00 e. The monoisotopic (exact) mass is 2050 g/mol. The summed E-state index contributed by atoms with van der Waals surface area (Å²) in [6.07, 6.45) is 49.7. The van der Waals surface area contributed by atoms with Gasteiger partial charge >= 0.3 is 65.2 Å². The molecule has 39 heteroatoms. The molecule has 0 saturated heterocycles. The minimum Gasteiger partial charge on any atom is -1.00 e. The Morgan fingerprint density at radius 1 is 0.373 bits per heavy atom. The number of carboxylic acid groups (broad SMARTS) is 1. The number of benzene rings is 1. The van der Waals surface area contributed by atoms with Crippen LogP contribution in [0, 0.1) is 0 Å². The molecule has 0 aliphatic heterocycles. The number of alkyl halides is 1. The van der Waals surface area contributed by atoms with Crippen molar-refractivity contribution in [3.63, 3.8) is 0 Å². The van der Waals surface area contributed by atoms with Crippen molar-refractivity contribution < 1.29 is 103 Å². The van der Waals surface area contributed by atoms with Crippen LogP contribution in [-0.2, 0) is 24.3 Å². The van der Waals surface area contributed by atoms with Gasteiger partial charge in [-0.1, -0.05) is 78.8 Å². The first-order valence-corrected chi connectivity index (χ1v) is 42.6. The molecule has 2 radical (unpaired) electrons. The Balaban J connectivity index is 0.000000332. The Hall–Kier alpha value is -13.6. The van der Waals surface area contributed by atoms with Gasteiger partial charge in [-0.2, -0.15) is 0 Å². The van der Waals surface area contributed by atoms with Crippen LogP contribution in [0.3, 0.4) is 0 Å². The molecule has 15 aromatic rings.